The van der Waals surface area contributed by atoms with Crippen molar-refractivity contribution in [3.63, 3.8) is 0 Å². The highest BCUT2D eigenvalue weighted by atomic mass is 16.3. The van der Waals surface area contributed by atoms with Crippen LogP contribution in [0.1, 0.15) is 36.9 Å². The van der Waals surface area contributed by atoms with Crippen LogP contribution in [-0.2, 0) is 20.0 Å². The largest absolute Gasteiger partial charge is 0.382 e. The molecule has 0 aliphatic heterocycles. The number of aliphatic hydroxyl groups is 1. The quantitative estimate of drug-likeness (QED) is 0.846. The first-order valence-corrected chi connectivity index (χ1v) is 5.76. The molecule has 0 radical (unpaired) electrons. The smallest absolute Gasteiger partial charge is 0.128 e. The minimum absolute atomic E-state index is 0.616. The van der Waals surface area contributed by atoms with Crippen molar-refractivity contribution in [1.82, 2.24) is 24.8 Å². The average molecular weight is 235 g/mol. The number of aryl methyl sites for hydroxylation is 3. The highest BCUT2D eigenvalue weighted by Crippen LogP contribution is 2.22. The third-order valence-electron chi connectivity index (χ3n) is 2.70. The van der Waals surface area contributed by atoms with Crippen molar-refractivity contribution in [1.29, 1.82) is 0 Å². The summed E-state index contributed by atoms with van der Waals surface area (Å²) in [6, 6.07) is 0. The fraction of sp³-hybridized carbons (Fsp3) is 0.545. The zero-order valence-electron chi connectivity index (χ0n) is 10.3. The first kappa shape index (κ1) is 11.8. The van der Waals surface area contributed by atoms with Crippen LogP contribution in [0.4, 0.5) is 0 Å². The molecule has 2 aromatic rings. The maximum atomic E-state index is 10.3. The predicted octanol–water partition coefficient (Wildman–Crippen LogP) is 0.676. The number of aliphatic hydroxyl groups excluding tert-OH is 1. The van der Waals surface area contributed by atoms with Gasteiger partial charge in [-0.25, -0.2) is 0 Å². The summed E-state index contributed by atoms with van der Waals surface area (Å²) in [5, 5.41) is 22.8. The molecule has 0 fully saturated rings. The summed E-state index contributed by atoms with van der Waals surface area (Å²) in [6.07, 6.45) is 3.50. The molecule has 0 aliphatic carbocycles. The zero-order chi connectivity index (χ0) is 12.4. The van der Waals surface area contributed by atoms with Crippen LogP contribution in [0.15, 0.2) is 12.4 Å². The zero-order valence-corrected chi connectivity index (χ0v) is 10.3. The Morgan fingerprint density at radius 1 is 1.35 bits per heavy atom. The number of hydrogen-bond donors (Lipinski definition) is 1. The summed E-state index contributed by atoms with van der Waals surface area (Å²) in [5.74, 6) is 0. The summed E-state index contributed by atoms with van der Waals surface area (Å²) in [6.45, 7) is 4.78. The molecule has 0 aliphatic rings. The lowest BCUT2D eigenvalue weighted by Crippen LogP contribution is -2.03. The molecular weight excluding hydrogens is 218 g/mol. The Labute approximate surface area is 99.9 Å². The van der Waals surface area contributed by atoms with Gasteiger partial charge in [0.2, 0.25) is 0 Å². The molecule has 0 saturated heterocycles. The van der Waals surface area contributed by atoms with Gasteiger partial charge >= 0.3 is 0 Å². The fourth-order valence-electron chi connectivity index (χ4n) is 1.78. The van der Waals surface area contributed by atoms with Gasteiger partial charge in [-0.1, -0.05) is 6.92 Å². The minimum Gasteiger partial charge on any atom is -0.382 e. The molecule has 6 heteroatoms. The predicted molar refractivity (Wildman–Crippen MR) is 62.3 cm³/mol. The third kappa shape index (κ3) is 2.21. The van der Waals surface area contributed by atoms with E-state index in [1.807, 2.05) is 20.0 Å². The van der Waals surface area contributed by atoms with E-state index < -0.39 is 6.10 Å². The van der Waals surface area contributed by atoms with E-state index in [1.165, 1.54) is 4.80 Å². The van der Waals surface area contributed by atoms with E-state index in [9.17, 15) is 5.11 Å². The van der Waals surface area contributed by atoms with Gasteiger partial charge in [0.25, 0.3) is 0 Å². The molecule has 1 N–H and O–H groups in total. The van der Waals surface area contributed by atoms with Crippen LogP contribution in [0.2, 0.25) is 0 Å². The number of hydrogen-bond acceptors (Lipinski definition) is 4. The van der Waals surface area contributed by atoms with E-state index in [-0.39, 0.29) is 0 Å². The van der Waals surface area contributed by atoms with Crippen molar-refractivity contribution < 1.29 is 5.11 Å². The lowest BCUT2D eigenvalue weighted by molar-refractivity contribution is 0.213. The molecule has 2 rings (SSSR count). The summed E-state index contributed by atoms with van der Waals surface area (Å²) < 4.78 is 1.78. The van der Waals surface area contributed by atoms with Crippen LogP contribution in [-0.4, -0.2) is 29.9 Å². The Balaban J connectivity index is 2.32. The molecule has 1 atom stereocenters. The molecule has 2 aromatic heterocycles. The Morgan fingerprint density at radius 3 is 2.71 bits per heavy atom. The second kappa shape index (κ2) is 4.67. The molecule has 17 heavy (non-hydrogen) atoms. The standard InChI is InChI=1S/C11H17N5O/c1-4-9-10(14-15(3)13-9)11(17)8-6-12-16(5-2)7-8/h6-7,11,17H,4-5H2,1-3H3. The van der Waals surface area contributed by atoms with Crippen molar-refractivity contribution in [2.75, 3.05) is 0 Å². The maximum Gasteiger partial charge on any atom is 0.128 e. The van der Waals surface area contributed by atoms with Crippen LogP contribution in [0.5, 0.6) is 0 Å². The monoisotopic (exact) mass is 235 g/mol. The normalized spacial score (nSPS) is 12.9. The van der Waals surface area contributed by atoms with Gasteiger partial charge in [0.1, 0.15) is 11.8 Å². The lowest BCUT2D eigenvalue weighted by Gasteiger charge is -2.05. The van der Waals surface area contributed by atoms with E-state index in [2.05, 4.69) is 15.3 Å². The van der Waals surface area contributed by atoms with Gasteiger partial charge in [0.05, 0.1) is 11.9 Å². The second-order valence-electron chi connectivity index (χ2n) is 3.91. The second-order valence-corrected chi connectivity index (χ2v) is 3.91. The van der Waals surface area contributed by atoms with Crippen LogP contribution >= 0.6 is 0 Å². The summed E-state index contributed by atoms with van der Waals surface area (Å²) in [4.78, 5) is 1.49. The molecule has 0 bridgehead atoms. The van der Waals surface area contributed by atoms with Crippen molar-refractivity contribution >= 4 is 0 Å². The summed E-state index contributed by atoms with van der Waals surface area (Å²) in [7, 11) is 1.75. The van der Waals surface area contributed by atoms with Crippen LogP contribution in [0, 0.1) is 0 Å². The SMILES string of the molecule is CCc1nn(C)nc1C(O)c1cnn(CC)c1. The molecule has 0 amide bonds. The van der Waals surface area contributed by atoms with Gasteiger partial charge in [-0.3, -0.25) is 4.68 Å². The first-order valence-electron chi connectivity index (χ1n) is 5.76. The Kier molecular flexibility index (Phi) is 3.23. The number of nitrogens with zero attached hydrogens (tertiary/aromatic N) is 5. The van der Waals surface area contributed by atoms with Gasteiger partial charge in [-0.05, 0) is 13.3 Å². The van der Waals surface area contributed by atoms with Gasteiger partial charge in [-0.2, -0.15) is 20.1 Å². The average Bonchev–Trinajstić information content (AvgIpc) is 2.93. The van der Waals surface area contributed by atoms with Gasteiger partial charge in [0, 0.05) is 25.4 Å². The molecule has 6 nitrogen and oxygen atoms in total. The Morgan fingerprint density at radius 2 is 2.12 bits per heavy atom. The molecule has 0 saturated carbocycles. The molecule has 0 spiro atoms. The van der Waals surface area contributed by atoms with E-state index in [0.29, 0.717) is 5.69 Å². The van der Waals surface area contributed by atoms with E-state index in [0.717, 1.165) is 24.2 Å². The molecule has 0 aromatic carbocycles. The topological polar surface area (TPSA) is 68.8 Å². The highest BCUT2D eigenvalue weighted by molar-refractivity contribution is 5.23. The van der Waals surface area contributed by atoms with E-state index in [1.54, 1.807) is 17.9 Å². The van der Waals surface area contributed by atoms with Crippen LogP contribution in [0.3, 0.4) is 0 Å². The molecular formula is C11H17N5O. The minimum atomic E-state index is -0.751. The third-order valence-corrected chi connectivity index (χ3v) is 2.70. The maximum absolute atomic E-state index is 10.3. The summed E-state index contributed by atoms with van der Waals surface area (Å²) in [5.41, 5.74) is 2.19. The summed E-state index contributed by atoms with van der Waals surface area (Å²) >= 11 is 0. The fourth-order valence-corrected chi connectivity index (χ4v) is 1.78. The van der Waals surface area contributed by atoms with Crippen molar-refractivity contribution in [2.24, 2.45) is 7.05 Å². The Bertz CT molecular complexity index is 502. The molecule has 92 valence electrons. The first-order chi connectivity index (χ1) is 8.15. The Hall–Kier alpha value is -1.69. The van der Waals surface area contributed by atoms with Crippen LogP contribution < -0.4 is 0 Å². The van der Waals surface area contributed by atoms with Crippen molar-refractivity contribution in [2.45, 2.75) is 32.9 Å². The van der Waals surface area contributed by atoms with Gasteiger partial charge in [0.15, 0.2) is 0 Å². The highest BCUT2D eigenvalue weighted by Gasteiger charge is 2.20. The van der Waals surface area contributed by atoms with Crippen molar-refractivity contribution in [3.8, 4) is 0 Å². The van der Waals surface area contributed by atoms with Crippen LogP contribution in [0.25, 0.3) is 0 Å². The molecule has 1 unspecified atom stereocenters. The number of aromatic nitrogens is 5. The van der Waals surface area contributed by atoms with Gasteiger partial charge in [-0.15, -0.1) is 0 Å². The van der Waals surface area contributed by atoms with Crippen molar-refractivity contribution in [3.05, 3.63) is 29.3 Å². The molecule has 2 heterocycles. The van der Waals surface area contributed by atoms with Gasteiger partial charge < -0.3 is 5.11 Å². The van der Waals surface area contributed by atoms with E-state index in [4.69, 9.17) is 0 Å². The number of rotatable bonds is 4. The lowest BCUT2D eigenvalue weighted by atomic mass is 10.1. The van der Waals surface area contributed by atoms with E-state index >= 15 is 0 Å².